The third-order valence-electron chi connectivity index (χ3n) is 2.95. The summed E-state index contributed by atoms with van der Waals surface area (Å²) in [6, 6.07) is 7.40. The second-order valence-corrected chi connectivity index (χ2v) is 4.78. The molecule has 1 aromatic rings. The van der Waals surface area contributed by atoms with Gasteiger partial charge >= 0.3 is 0 Å². The molecule has 2 unspecified atom stereocenters. The maximum absolute atomic E-state index is 11.9. The van der Waals surface area contributed by atoms with Crippen molar-refractivity contribution >= 4 is 29.9 Å². The third kappa shape index (κ3) is 4.66. The van der Waals surface area contributed by atoms with Crippen molar-refractivity contribution in [2.45, 2.75) is 19.1 Å². The van der Waals surface area contributed by atoms with Gasteiger partial charge in [0, 0.05) is 18.1 Å². The molecule has 1 heterocycles. The second kappa shape index (κ2) is 7.70. The molecule has 19 heavy (non-hydrogen) atoms. The molecule has 0 radical (unpaired) electrons. The molecule has 4 nitrogen and oxygen atoms in total. The van der Waals surface area contributed by atoms with Gasteiger partial charge in [-0.05, 0) is 24.6 Å². The Bertz CT molecular complexity index is 406. The molecule has 0 bridgehead atoms. The van der Waals surface area contributed by atoms with Gasteiger partial charge in [-0.1, -0.05) is 23.7 Å². The van der Waals surface area contributed by atoms with Gasteiger partial charge in [0.05, 0.1) is 12.6 Å². The van der Waals surface area contributed by atoms with Crippen LogP contribution in [0.1, 0.15) is 18.5 Å². The predicted octanol–water partition coefficient (Wildman–Crippen LogP) is 1.93. The number of benzene rings is 1. The summed E-state index contributed by atoms with van der Waals surface area (Å²) in [6.45, 7) is 3.89. The minimum Gasteiger partial charge on any atom is -0.366 e. The molecule has 1 saturated heterocycles. The van der Waals surface area contributed by atoms with Gasteiger partial charge in [-0.25, -0.2) is 0 Å². The van der Waals surface area contributed by atoms with Crippen LogP contribution in [-0.2, 0) is 9.53 Å². The lowest BCUT2D eigenvalue weighted by molar-refractivity contribution is -0.134. The number of carbonyl (C=O) groups is 1. The Labute approximate surface area is 124 Å². The topological polar surface area (TPSA) is 50.4 Å². The summed E-state index contributed by atoms with van der Waals surface area (Å²) in [5, 5.41) is 6.76. The van der Waals surface area contributed by atoms with E-state index in [9.17, 15) is 4.79 Å². The van der Waals surface area contributed by atoms with Crippen LogP contribution in [0.4, 0.5) is 0 Å². The first-order valence-electron chi connectivity index (χ1n) is 6.05. The number of ether oxygens (including phenoxy) is 1. The Morgan fingerprint density at radius 1 is 1.47 bits per heavy atom. The van der Waals surface area contributed by atoms with Crippen LogP contribution in [0.3, 0.4) is 0 Å². The highest BCUT2D eigenvalue weighted by Crippen LogP contribution is 2.16. The molecule has 0 aromatic heterocycles. The van der Waals surface area contributed by atoms with Crippen LogP contribution in [0.5, 0.6) is 0 Å². The van der Waals surface area contributed by atoms with Crippen molar-refractivity contribution in [1.29, 1.82) is 0 Å². The van der Waals surface area contributed by atoms with Crippen molar-refractivity contribution in [3.8, 4) is 0 Å². The minimum atomic E-state index is -0.395. The molecule has 2 N–H and O–H groups in total. The second-order valence-electron chi connectivity index (χ2n) is 4.35. The number of hydrogen-bond donors (Lipinski definition) is 2. The normalized spacial score (nSPS) is 20.2. The molecule has 106 valence electrons. The van der Waals surface area contributed by atoms with Crippen LogP contribution in [0, 0.1) is 0 Å². The molecular formula is C13H18Cl2N2O2. The maximum Gasteiger partial charge on any atom is 0.250 e. The molecule has 0 spiro atoms. The van der Waals surface area contributed by atoms with Gasteiger partial charge in [0.2, 0.25) is 0 Å². The molecule has 1 fully saturated rings. The average molecular weight is 305 g/mol. The number of rotatable bonds is 3. The minimum absolute atomic E-state index is 0. The van der Waals surface area contributed by atoms with Gasteiger partial charge in [0.15, 0.2) is 0 Å². The van der Waals surface area contributed by atoms with E-state index in [1.807, 2.05) is 31.2 Å². The Morgan fingerprint density at radius 3 is 2.74 bits per heavy atom. The Morgan fingerprint density at radius 2 is 2.16 bits per heavy atom. The molecule has 0 aliphatic carbocycles. The highest BCUT2D eigenvalue weighted by molar-refractivity contribution is 6.30. The van der Waals surface area contributed by atoms with Crippen molar-refractivity contribution in [3.05, 3.63) is 34.9 Å². The summed E-state index contributed by atoms with van der Waals surface area (Å²) in [4.78, 5) is 11.9. The van der Waals surface area contributed by atoms with E-state index in [1.165, 1.54) is 0 Å². The van der Waals surface area contributed by atoms with Crippen molar-refractivity contribution in [1.82, 2.24) is 10.6 Å². The summed E-state index contributed by atoms with van der Waals surface area (Å²) >= 11 is 5.83. The molecular weight excluding hydrogens is 287 g/mol. The Kier molecular flexibility index (Phi) is 6.58. The van der Waals surface area contributed by atoms with Crippen LogP contribution in [0.2, 0.25) is 5.02 Å². The number of morpholine rings is 1. The summed E-state index contributed by atoms with van der Waals surface area (Å²) in [5.74, 6) is -0.0790. The number of hydrogen-bond acceptors (Lipinski definition) is 3. The summed E-state index contributed by atoms with van der Waals surface area (Å²) in [6.07, 6.45) is -0.395. The van der Waals surface area contributed by atoms with Crippen LogP contribution in [-0.4, -0.2) is 31.7 Å². The van der Waals surface area contributed by atoms with Gasteiger partial charge in [-0.15, -0.1) is 12.4 Å². The zero-order chi connectivity index (χ0) is 13.0. The largest absolute Gasteiger partial charge is 0.366 e. The monoisotopic (exact) mass is 304 g/mol. The molecule has 1 aliphatic heterocycles. The Balaban J connectivity index is 0.00000180. The summed E-state index contributed by atoms with van der Waals surface area (Å²) in [7, 11) is 0. The van der Waals surface area contributed by atoms with Crippen LogP contribution in [0.15, 0.2) is 24.3 Å². The van der Waals surface area contributed by atoms with Gasteiger partial charge in [0.1, 0.15) is 6.10 Å². The van der Waals surface area contributed by atoms with Gasteiger partial charge in [0.25, 0.3) is 5.91 Å². The first-order chi connectivity index (χ1) is 8.66. The zero-order valence-electron chi connectivity index (χ0n) is 10.7. The van der Waals surface area contributed by atoms with Crippen molar-refractivity contribution < 1.29 is 9.53 Å². The van der Waals surface area contributed by atoms with Crippen LogP contribution >= 0.6 is 24.0 Å². The highest BCUT2D eigenvalue weighted by Gasteiger charge is 2.23. The van der Waals surface area contributed by atoms with E-state index >= 15 is 0 Å². The number of carbonyl (C=O) groups excluding carboxylic acids is 1. The highest BCUT2D eigenvalue weighted by atomic mass is 35.5. The van der Waals surface area contributed by atoms with E-state index in [-0.39, 0.29) is 24.4 Å². The molecule has 1 aromatic carbocycles. The van der Waals surface area contributed by atoms with E-state index < -0.39 is 6.10 Å². The fourth-order valence-corrected chi connectivity index (χ4v) is 2.00. The molecule has 6 heteroatoms. The van der Waals surface area contributed by atoms with E-state index in [4.69, 9.17) is 16.3 Å². The Hall–Kier alpha value is -0.810. The van der Waals surface area contributed by atoms with E-state index in [0.717, 1.165) is 12.1 Å². The van der Waals surface area contributed by atoms with Crippen molar-refractivity contribution in [3.63, 3.8) is 0 Å². The van der Waals surface area contributed by atoms with E-state index in [2.05, 4.69) is 10.6 Å². The summed E-state index contributed by atoms with van der Waals surface area (Å²) in [5.41, 5.74) is 1.02. The van der Waals surface area contributed by atoms with Gasteiger partial charge < -0.3 is 15.4 Å². The maximum atomic E-state index is 11.9. The number of halogens is 2. The quantitative estimate of drug-likeness (QED) is 0.897. The molecule has 0 saturated carbocycles. The number of nitrogens with one attached hydrogen (secondary N) is 2. The molecule has 1 aliphatic rings. The fraction of sp³-hybridized carbons (Fsp3) is 0.462. The standard InChI is InChI=1S/C13H17ClN2O2.ClH/c1-9(10-2-4-11(14)5-3-10)16-13(17)12-8-15-6-7-18-12;/h2-5,9,12,15H,6-8H2,1H3,(H,16,17);1H. The van der Waals surface area contributed by atoms with E-state index in [1.54, 1.807) is 0 Å². The third-order valence-corrected chi connectivity index (χ3v) is 3.20. The van der Waals surface area contributed by atoms with Crippen molar-refractivity contribution in [2.75, 3.05) is 19.7 Å². The lowest BCUT2D eigenvalue weighted by Crippen LogP contribution is -2.48. The van der Waals surface area contributed by atoms with Gasteiger partial charge in [-0.3, -0.25) is 4.79 Å². The van der Waals surface area contributed by atoms with Crippen LogP contribution in [0.25, 0.3) is 0 Å². The first-order valence-corrected chi connectivity index (χ1v) is 6.43. The lowest BCUT2D eigenvalue weighted by Gasteiger charge is -2.24. The fourth-order valence-electron chi connectivity index (χ4n) is 1.87. The molecule has 2 atom stereocenters. The van der Waals surface area contributed by atoms with Gasteiger partial charge in [-0.2, -0.15) is 0 Å². The number of amides is 1. The first kappa shape index (κ1) is 16.2. The zero-order valence-corrected chi connectivity index (χ0v) is 12.3. The molecule has 2 rings (SSSR count). The summed E-state index contributed by atoms with van der Waals surface area (Å²) < 4.78 is 5.40. The predicted molar refractivity (Wildman–Crippen MR) is 77.9 cm³/mol. The molecule has 1 amide bonds. The van der Waals surface area contributed by atoms with Crippen molar-refractivity contribution in [2.24, 2.45) is 0 Å². The SMILES string of the molecule is CC(NC(=O)C1CNCCO1)c1ccc(Cl)cc1.Cl. The lowest BCUT2D eigenvalue weighted by atomic mass is 10.1. The van der Waals surface area contributed by atoms with Crippen LogP contribution < -0.4 is 10.6 Å². The average Bonchev–Trinajstić information content (AvgIpc) is 2.40. The smallest absolute Gasteiger partial charge is 0.250 e. The van der Waals surface area contributed by atoms with E-state index in [0.29, 0.717) is 18.2 Å².